The molecule has 2 aromatic carbocycles. The summed E-state index contributed by atoms with van der Waals surface area (Å²) in [7, 11) is -3.14. The van der Waals surface area contributed by atoms with Crippen LogP contribution in [0.2, 0.25) is 0 Å². The van der Waals surface area contributed by atoms with Crippen molar-refractivity contribution in [1.82, 2.24) is 4.67 Å². The number of hydrogen-bond acceptors (Lipinski definition) is 4. The van der Waals surface area contributed by atoms with Gasteiger partial charge in [0, 0.05) is 35.9 Å². The molecule has 1 aliphatic heterocycles. The molecule has 0 aliphatic carbocycles. The molecule has 0 radical (unpaired) electrons. The SMILES string of the molecule is O=P1(N(CCO)CCO)C=C(c2ccccc2)OC(c2ccccc2)=C1. The fourth-order valence-electron chi connectivity index (χ4n) is 2.83. The minimum Gasteiger partial charge on any atom is -0.456 e. The molecule has 1 aliphatic rings. The molecule has 0 saturated heterocycles. The van der Waals surface area contributed by atoms with Gasteiger partial charge in [-0.05, 0) is 0 Å². The van der Waals surface area contributed by atoms with Crippen molar-refractivity contribution in [1.29, 1.82) is 0 Å². The first-order valence-corrected chi connectivity index (χ1v) is 10.3. The van der Waals surface area contributed by atoms with Gasteiger partial charge in [0.1, 0.15) is 11.5 Å². The van der Waals surface area contributed by atoms with Crippen LogP contribution < -0.4 is 0 Å². The Kier molecular flexibility index (Phi) is 6.07. The summed E-state index contributed by atoms with van der Waals surface area (Å²) in [5, 5.41) is 18.7. The lowest BCUT2D eigenvalue weighted by Crippen LogP contribution is -2.26. The van der Waals surface area contributed by atoms with Gasteiger partial charge < -0.3 is 14.9 Å². The second-order valence-corrected chi connectivity index (χ2v) is 8.32. The number of ether oxygens (including phenoxy) is 1. The normalized spacial score (nSPS) is 16.0. The molecule has 2 N–H and O–H groups in total. The molecular formula is C20H22NO4P. The Balaban J connectivity index is 2.08. The fourth-order valence-corrected chi connectivity index (χ4v) is 5.12. The first-order valence-electron chi connectivity index (χ1n) is 8.47. The summed E-state index contributed by atoms with van der Waals surface area (Å²) >= 11 is 0. The van der Waals surface area contributed by atoms with Gasteiger partial charge in [0.05, 0.1) is 13.2 Å². The summed E-state index contributed by atoms with van der Waals surface area (Å²) in [6.45, 7) is 0.117. The van der Waals surface area contributed by atoms with Crippen molar-refractivity contribution in [2.45, 2.75) is 0 Å². The van der Waals surface area contributed by atoms with Crippen LogP contribution in [0.3, 0.4) is 0 Å². The van der Waals surface area contributed by atoms with E-state index in [2.05, 4.69) is 0 Å². The van der Waals surface area contributed by atoms with Gasteiger partial charge in [0.25, 0.3) is 0 Å². The maximum absolute atomic E-state index is 13.8. The Labute approximate surface area is 153 Å². The molecule has 0 saturated carbocycles. The lowest BCUT2D eigenvalue weighted by molar-refractivity contribution is 0.218. The number of hydrogen-bond donors (Lipinski definition) is 2. The summed E-state index contributed by atoms with van der Waals surface area (Å²) in [5.74, 6) is 4.24. The second-order valence-electron chi connectivity index (χ2n) is 5.89. The third-order valence-electron chi connectivity index (χ3n) is 4.10. The van der Waals surface area contributed by atoms with Gasteiger partial charge in [-0.15, -0.1) is 0 Å². The third kappa shape index (κ3) is 4.14. The standard InChI is InChI=1S/C20H22NO4P/c22-13-11-21(12-14-23)26(24)15-19(17-7-3-1-4-8-17)25-20(16-26)18-9-5-2-6-10-18/h1-10,15-16,22-23H,11-14H2. The molecule has 2 aromatic rings. The zero-order valence-corrected chi connectivity index (χ0v) is 15.3. The molecule has 0 unspecified atom stereocenters. The Hall–Kier alpha value is -2.17. The van der Waals surface area contributed by atoms with E-state index in [0.717, 1.165) is 11.1 Å². The van der Waals surface area contributed by atoms with Crippen LogP contribution in [-0.4, -0.2) is 41.2 Å². The van der Waals surface area contributed by atoms with E-state index in [-0.39, 0.29) is 26.3 Å². The zero-order chi connectivity index (χ0) is 18.4. The smallest absolute Gasteiger partial charge is 0.200 e. The Morgan fingerprint density at radius 2 is 1.19 bits per heavy atom. The van der Waals surface area contributed by atoms with Crippen LogP contribution in [-0.2, 0) is 9.30 Å². The number of benzene rings is 2. The quantitative estimate of drug-likeness (QED) is 0.728. The highest BCUT2D eigenvalue weighted by Gasteiger charge is 2.32. The number of nitrogens with zero attached hydrogens (tertiary/aromatic N) is 1. The van der Waals surface area contributed by atoms with E-state index in [1.807, 2.05) is 60.7 Å². The molecule has 0 aromatic heterocycles. The highest BCUT2D eigenvalue weighted by molar-refractivity contribution is 7.68. The minimum absolute atomic E-state index is 0.145. The molecule has 0 amide bonds. The van der Waals surface area contributed by atoms with Crippen LogP contribution in [0, 0.1) is 0 Å². The second kappa shape index (κ2) is 8.47. The molecule has 5 nitrogen and oxygen atoms in total. The van der Waals surface area contributed by atoms with Crippen LogP contribution in [0.5, 0.6) is 0 Å². The van der Waals surface area contributed by atoms with Crippen molar-refractivity contribution in [3.63, 3.8) is 0 Å². The number of aliphatic hydroxyl groups excluding tert-OH is 2. The average Bonchev–Trinajstić information content (AvgIpc) is 2.69. The van der Waals surface area contributed by atoms with Gasteiger partial charge in [-0.25, -0.2) is 4.67 Å². The summed E-state index contributed by atoms with van der Waals surface area (Å²) in [4.78, 5) is 0. The average molecular weight is 371 g/mol. The Morgan fingerprint density at radius 3 is 1.58 bits per heavy atom. The van der Waals surface area contributed by atoms with E-state index < -0.39 is 7.29 Å². The van der Waals surface area contributed by atoms with E-state index in [0.29, 0.717) is 11.5 Å². The van der Waals surface area contributed by atoms with Gasteiger partial charge in [0.2, 0.25) is 7.29 Å². The monoisotopic (exact) mass is 371 g/mol. The Morgan fingerprint density at radius 1 is 0.769 bits per heavy atom. The largest absolute Gasteiger partial charge is 0.456 e. The van der Waals surface area contributed by atoms with Crippen LogP contribution in [0.1, 0.15) is 11.1 Å². The molecule has 6 heteroatoms. The van der Waals surface area contributed by atoms with Crippen molar-refractivity contribution in [3.05, 3.63) is 83.4 Å². The van der Waals surface area contributed by atoms with E-state index in [9.17, 15) is 14.8 Å². The minimum atomic E-state index is -3.14. The summed E-state index contributed by atoms with van der Waals surface area (Å²) in [6.07, 6.45) is 0. The first-order chi connectivity index (χ1) is 12.7. The lowest BCUT2D eigenvalue weighted by atomic mass is 10.2. The zero-order valence-electron chi connectivity index (χ0n) is 14.4. The van der Waals surface area contributed by atoms with E-state index in [1.54, 1.807) is 16.3 Å². The van der Waals surface area contributed by atoms with Crippen LogP contribution >= 0.6 is 7.29 Å². The van der Waals surface area contributed by atoms with Crippen LogP contribution in [0.15, 0.2) is 72.3 Å². The van der Waals surface area contributed by atoms with Crippen molar-refractivity contribution >= 4 is 18.8 Å². The third-order valence-corrected chi connectivity index (χ3v) is 6.59. The Bertz CT molecular complexity index is 768. The molecule has 1 heterocycles. The van der Waals surface area contributed by atoms with E-state index in [1.165, 1.54) is 0 Å². The number of aliphatic hydroxyl groups is 2. The molecule has 26 heavy (non-hydrogen) atoms. The molecule has 136 valence electrons. The van der Waals surface area contributed by atoms with Gasteiger partial charge in [-0.2, -0.15) is 0 Å². The topological polar surface area (TPSA) is 70.0 Å². The van der Waals surface area contributed by atoms with Crippen molar-refractivity contribution in [2.75, 3.05) is 26.3 Å². The van der Waals surface area contributed by atoms with Crippen LogP contribution in [0.4, 0.5) is 0 Å². The van der Waals surface area contributed by atoms with Crippen LogP contribution in [0.25, 0.3) is 11.5 Å². The first kappa shape index (κ1) is 18.6. The maximum atomic E-state index is 13.8. The molecule has 0 fully saturated rings. The summed E-state index contributed by atoms with van der Waals surface area (Å²) in [5.41, 5.74) is 1.64. The molecule has 0 bridgehead atoms. The van der Waals surface area contributed by atoms with Gasteiger partial charge in [-0.3, -0.25) is 4.57 Å². The predicted octanol–water partition coefficient (Wildman–Crippen LogP) is 3.58. The molecular weight excluding hydrogens is 349 g/mol. The van der Waals surface area contributed by atoms with Gasteiger partial charge in [0.15, 0.2) is 0 Å². The van der Waals surface area contributed by atoms with Crippen molar-refractivity contribution in [3.8, 4) is 0 Å². The van der Waals surface area contributed by atoms with Gasteiger partial charge >= 0.3 is 0 Å². The fraction of sp³-hybridized carbons (Fsp3) is 0.200. The van der Waals surface area contributed by atoms with E-state index in [4.69, 9.17) is 4.74 Å². The molecule has 3 rings (SSSR count). The van der Waals surface area contributed by atoms with Crippen molar-refractivity contribution < 1.29 is 19.5 Å². The molecule has 0 atom stereocenters. The highest BCUT2D eigenvalue weighted by Crippen LogP contribution is 2.58. The van der Waals surface area contributed by atoms with Crippen molar-refractivity contribution in [2.24, 2.45) is 0 Å². The molecule has 0 spiro atoms. The lowest BCUT2D eigenvalue weighted by Gasteiger charge is -2.30. The van der Waals surface area contributed by atoms with E-state index >= 15 is 0 Å². The predicted molar refractivity (Wildman–Crippen MR) is 103 cm³/mol. The maximum Gasteiger partial charge on any atom is 0.200 e. The number of rotatable bonds is 7. The summed E-state index contributed by atoms with van der Waals surface area (Å²) < 4.78 is 21.4. The summed E-state index contributed by atoms with van der Waals surface area (Å²) in [6, 6.07) is 19.0. The van der Waals surface area contributed by atoms with Gasteiger partial charge in [-0.1, -0.05) is 60.7 Å². The highest BCUT2D eigenvalue weighted by atomic mass is 31.2.